The number of rotatable bonds is 6. The fourth-order valence-corrected chi connectivity index (χ4v) is 1.66. The molecule has 1 amide bonds. The molecule has 4 nitrogen and oxygen atoms in total. The van der Waals surface area contributed by atoms with Crippen LogP contribution >= 0.6 is 0 Å². The Hall–Kier alpha value is -2.24. The van der Waals surface area contributed by atoms with Gasteiger partial charge >= 0.3 is 5.97 Å². The number of benzene rings is 1. The number of carboxylic acid groups (broad SMARTS) is 1. The van der Waals surface area contributed by atoms with Crippen molar-refractivity contribution in [2.75, 3.05) is 0 Å². The molecule has 0 saturated carbocycles. The highest BCUT2D eigenvalue weighted by Gasteiger charge is 2.19. The average molecular weight is 297 g/mol. The monoisotopic (exact) mass is 297 g/mol. The SMILES string of the molecule is CC(C)=CC[C@@H](NC(=O)Cc1ccc(F)cc1F)C(=O)O. The molecule has 2 N–H and O–H groups in total. The van der Waals surface area contributed by atoms with Gasteiger partial charge in [0.05, 0.1) is 6.42 Å². The van der Waals surface area contributed by atoms with E-state index in [0.717, 1.165) is 17.7 Å². The number of amides is 1. The summed E-state index contributed by atoms with van der Waals surface area (Å²) in [5, 5.41) is 11.3. The van der Waals surface area contributed by atoms with E-state index in [1.807, 2.05) is 13.8 Å². The summed E-state index contributed by atoms with van der Waals surface area (Å²) in [5.41, 5.74) is 0.945. The van der Waals surface area contributed by atoms with Crippen molar-refractivity contribution in [2.24, 2.45) is 0 Å². The van der Waals surface area contributed by atoms with Crippen molar-refractivity contribution >= 4 is 11.9 Å². The lowest BCUT2D eigenvalue weighted by atomic mass is 10.1. The molecule has 0 aliphatic rings. The minimum absolute atomic E-state index is 0.0141. The molecule has 1 aromatic carbocycles. The molecule has 0 bridgehead atoms. The van der Waals surface area contributed by atoms with Crippen LogP contribution in [0.25, 0.3) is 0 Å². The van der Waals surface area contributed by atoms with Crippen molar-refractivity contribution in [3.05, 3.63) is 47.0 Å². The Morgan fingerprint density at radius 2 is 2.00 bits per heavy atom. The number of carbonyl (C=O) groups is 2. The Bertz CT molecular complexity index is 566. The van der Waals surface area contributed by atoms with Gasteiger partial charge in [-0.15, -0.1) is 0 Å². The first kappa shape index (κ1) is 16.8. The van der Waals surface area contributed by atoms with Crippen molar-refractivity contribution < 1.29 is 23.5 Å². The Morgan fingerprint density at radius 3 is 2.52 bits per heavy atom. The van der Waals surface area contributed by atoms with Crippen LogP contribution in [0.5, 0.6) is 0 Å². The predicted molar refractivity (Wildman–Crippen MR) is 73.7 cm³/mol. The van der Waals surface area contributed by atoms with Gasteiger partial charge in [0.15, 0.2) is 0 Å². The number of nitrogens with one attached hydrogen (secondary N) is 1. The second kappa shape index (κ2) is 7.52. The fourth-order valence-electron chi connectivity index (χ4n) is 1.66. The van der Waals surface area contributed by atoms with Crippen molar-refractivity contribution in [2.45, 2.75) is 32.7 Å². The van der Waals surface area contributed by atoms with Crippen molar-refractivity contribution in [1.82, 2.24) is 5.32 Å². The normalized spacial score (nSPS) is 11.6. The molecule has 0 heterocycles. The van der Waals surface area contributed by atoms with Crippen LogP contribution in [0.3, 0.4) is 0 Å². The Labute approximate surface area is 121 Å². The molecule has 0 aliphatic carbocycles. The number of hydrogen-bond donors (Lipinski definition) is 2. The minimum atomic E-state index is -1.17. The molecule has 0 aromatic heterocycles. The van der Waals surface area contributed by atoms with Crippen LogP contribution in [0.2, 0.25) is 0 Å². The van der Waals surface area contributed by atoms with Crippen molar-refractivity contribution in [1.29, 1.82) is 0 Å². The van der Waals surface area contributed by atoms with Crippen molar-refractivity contribution in [3.8, 4) is 0 Å². The molecule has 0 fully saturated rings. The zero-order valence-corrected chi connectivity index (χ0v) is 11.8. The number of halogens is 2. The molecular formula is C15H17F2NO3. The molecule has 1 aromatic rings. The van der Waals surface area contributed by atoms with Gasteiger partial charge in [-0.2, -0.15) is 0 Å². The summed E-state index contributed by atoms with van der Waals surface area (Å²) in [6.07, 6.45) is 1.50. The molecule has 0 radical (unpaired) electrons. The molecule has 1 rings (SSSR count). The smallest absolute Gasteiger partial charge is 0.326 e. The molecule has 6 heteroatoms. The summed E-state index contributed by atoms with van der Waals surface area (Å²) in [7, 11) is 0. The molecule has 21 heavy (non-hydrogen) atoms. The number of hydrogen-bond acceptors (Lipinski definition) is 2. The van der Waals surface area contributed by atoms with Gasteiger partial charge in [0.25, 0.3) is 0 Å². The zero-order chi connectivity index (χ0) is 16.0. The van der Waals surface area contributed by atoms with Crippen LogP contribution in [0.15, 0.2) is 29.8 Å². The molecule has 0 spiro atoms. The van der Waals surface area contributed by atoms with Gasteiger partial charge in [-0.05, 0) is 31.9 Å². The molecule has 0 aliphatic heterocycles. The standard InChI is InChI=1S/C15H17F2NO3/c1-9(2)3-6-13(15(20)21)18-14(19)7-10-4-5-11(16)8-12(10)17/h3-5,8,13H,6-7H2,1-2H3,(H,18,19)(H,20,21)/t13-/m1/s1. The Morgan fingerprint density at radius 1 is 1.33 bits per heavy atom. The predicted octanol–water partition coefficient (Wildman–Crippen LogP) is 2.43. The number of carboxylic acids is 1. The van der Waals surface area contributed by atoms with Gasteiger partial charge in [-0.25, -0.2) is 13.6 Å². The number of carbonyl (C=O) groups excluding carboxylic acids is 1. The summed E-state index contributed by atoms with van der Waals surface area (Å²) in [6, 6.07) is 1.82. The van der Waals surface area contributed by atoms with E-state index in [1.165, 1.54) is 0 Å². The number of aliphatic carboxylic acids is 1. The zero-order valence-electron chi connectivity index (χ0n) is 11.8. The lowest BCUT2D eigenvalue weighted by molar-refractivity contribution is -0.141. The highest BCUT2D eigenvalue weighted by atomic mass is 19.1. The maximum absolute atomic E-state index is 13.4. The van der Waals surface area contributed by atoms with Gasteiger partial charge in [0.2, 0.25) is 5.91 Å². The fraction of sp³-hybridized carbons (Fsp3) is 0.333. The van der Waals surface area contributed by atoms with E-state index in [0.29, 0.717) is 6.07 Å². The van der Waals surface area contributed by atoms with Gasteiger partial charge in [0.1, 0.15) is 17.7 Å². The van der Waals surface area contributed by atoms with Gasteiger partial charge in [-0.1, -0.05) is 17.7 Å². The van der Waals surface area contributed by atoms with Gasteiger partial charge in [-0.3, -0.25) is 4.79 Å². The van der Waals surface area contributed by atoms with Crippen LogP contribution in [0, 0.1) is 11.6 Å². The lowest BCUT2D eigenvalue weighted by Gasteiger charge is -2.13. The van der Waals surface area contributed by atoms with Crippen molar-refractivity contribution in [3.63, 3.8) is 0 Å². The van der Waals surface area contributed by atoms with Gasteiger partial charge in [0, 0.05) is 6.07 Å². The van der Waals surface area contributed by atoms with Crippen LogP contribution in [0.1, 0.15) is 25.8 Å². The maximum atomic E-state index is 13.4. The van der Waals surface area contributed by atoms with E-state index in [-0.39, 0.29) is 18.4 Å². The maximum Gasteiger partial charge on any atom is 0.326 e. The van der Waals surface area contributed by atoms with Crippen LogP contribution < -0.4 is 5.32 Å². The first-order valence-corrected chi connectivity index (χ1v) is 6.39. The van der Waals surface area contributed by atoms with Gasteiger partial charge < -0.3 is 10.4 Å². The van der Waals surface area contributed by atoms with E-state index in [9.17, 15) is 18.4 Å². The van der Waals surface area contributed by atoms with Crippen LogP contribution in [0.4, 0.5) is 8.78 Å². The highest BCUT2D eigenvalue weighted by molar-refractivity contribution is 5.85. The molecular weight excluding hydrogens is 280 g/mol. The number of allylic oxidation sites excluding steroid dienone is 1. The Balaban J connectivity index is 2.69. The van der Waals surface area contributed by atoms with Crippen LogP contribution in [-0.4, -0.2) is 23.0 Å². The second-order valence-corrected chi connectivity index (χ2v) is 4.89. The average Bonchev–Trinajstić information content (AvgIpc) is 2.37. The van der Waals surface area contributed by atoms with E-state index < -0.39 is 29.6 Å². The lowest BCUT2D eigenvalue weighted by Crippen LogP contribution is -2.41. The highest BCUT2D eigenvalue weighted by Crippen LogP contribution is 2.10. The third-order valence-corrected chi connectivity index (χ3v) is 2.76. The van der Waals surface area contributed by atoms with E-state index >= 15 is 0 Å². The second-order valence-electron chi connectivity index (χ2n) is 4.89. The summed E-state index contributed by atoms with van der Waals surface area (Å²) in [4.78, 5) is 22.8. The summed E-state index contributed by atoms with van der Waals surface area (Å²) < 4.78 is 26.2. The summed E-state index contributed by atoms with van der Waals surface area (Å²) >= 11 is 0. The first-order chi connectivity index (χ1) is 9.79. The molecule has 114 valence electrons. The molecule has 0 saturated heterocycles. The van der Waals surface area contributed by atoms with E-state index in [1.54, 1.807) is 6.08 Å². The Kier molecular flexibility index (Phi) is 6.02. The van der Waals surface area contributed by atoms with Crippen LogP contribution in [-0.2, 0) is 16.0 Å². The topological polar surface area (TPSA) is 66.4 Å². The summed E-state index contributed by atoms with van der Waals surface area (Å²) in [6.45, 7) is 3.63. The molecule has 0 unspecified atom stereocenters. The summed E-state index contributed by atoms with van der Waals surface area (Å²) in [5.74, 6) is -3.36. The third kappa shape index (κ3) is 5.72. The van der Waals surface area contributed by atoms with E-state index in [2.05, 4.69) is 5.32 Å². The largest absolute Gasteiger partial charge is 0.480 e. The third-order valence-electron chi connectivity index (χ3n) is 2.76. The minimum Gasteiger partial charge on any atom is -0.480 e. The quantitative estimate of drug-likeness (QED) is 0.793. The molecule has 1 atom stereocenters. The first-order valence-electron chi connectivity index (χ1n) is 6.39. The van der Waals surface area contributed by atoms with E-state index in [4.69, 9.17) is 5.11 Å².